The maximum atomic E-state index is 10.8. The Hall–Kier alpha value is -1.81. The van der Waals surface area contributed by atoms with Crippen LogP contribution in [0.2, 0.25) is 0 Å². The van der Waals surface area contributed by atoms with E-state index in [0.29, 0.717) is 0 Å². The molecule has 0 atom stereocenters. The van der Waals surface area contributed by atoms with E-state index < -0.39 is 0 Å². The van der Waals surface area contributed by atoms with Crippen LogP contribution in [0.5, 0.6) is 0 Å². The Morgan fingerprint density at radius 2 is 2.20 bits per heavy atom. The predicted octanol–water partition coefficient (Wildman–Crippen LogP) is 0.619. The van der Waals surface area contributed by atoms with Crippen molar-refractivity contribution < 1.29 is 9.90 Å². The van der Waals surface area contributed by atoms with Gasteiger partial charge in [-0.3, -0.25) is 4.79 Å². The number of aliphatic hydroxyl groups is 1. The Morgan fingerprint density at radius 3 is 2.87 bits per heavy atom. The molecule has 0 radical (unpaired) electrons. The minimum atomic E-state index is -0.373. The van der Waals surface area contributed by atoms with Gasteiger partial charge in [0.1, 0.15) is 6.54 Å². The fraction of sp³-hybridized carbons (Fsp3) is 0.182. The number of primary amides is 1. The third-order valence-corrected chi connectivity index (χ3v) is 2.35. The standard InChI is InChI=1S/C11H12N2O2/c12-11(15)6-13-4-3-9-2-1-8(7-14)5-10(9)13/h1-5,14H,6-7H2,(H2,12,15). The molecule has 1 aromatic carbocycles. The summed E-state index contributed by atoms with van der Waals surface area (Å²) >= 11 is 0. The summed E-state index contributed by atoms with van der Waals surface area (Å²) in [6.45, 7) is 0.163. The van der Waals surface area contributed by atoms with Crippen LogP contribution in [0.3, 0.4) is 0 Å². The lowest BCUT2D eigenvalue weighted by molar-refractivity contribution is -0.118. The lowest BCUT2D eigenvalue weighted by Crippen LogP contribution is -2.17. The molecule has 1 heterocycles. The van der Waals surface area contributed by atoms with Gasteiger partial charge in [-0.1, -0.05) is 12.1 Å². The van der Waals surface area contributed by atoms with Crippen molar-refractivity contribution in [3.05, 3.63) is 36.0 Å². The smallest absolute Gasteiger partial charge is 0.237 e. The highest BCUT2D eigenvalue weighted by Gasteiger charge is 2.03. The second kappa shape index (κ2) is 3.74. The molecule has 2 aromatic rings. The number of hydrogen-bond acceptors (Lipinski definition) is 2. The van der Waals surface area contributed by atoms with E-state index in [1.165, 1.54) is 0 Å². The van der Waals surface area contributed by atoms with Crippen molar-refractivity contribution in [3.8, 4) is 0 Å². The molecule has 15 heavy (non-hydrogen) atoms. The summed E-state index contributed by atoms with van der Waals surface area (Å²) < 4.78 is 1.77. The van der Waals surface area contributed by atoms with E-state index in [4.69, 9.17) is 10.8 Å². The van der Waals surface area contributed by atoms with Gasteiger partial charge in [-0.2, -0.15) is 0 Å². The minimum absolute atomic E-state index is 0.00229. The number of aliphatic hydroxyl groups excluding tert-OH is 1. The van der Waals surface area contributed by atoms with Crippen LogP contribution in [0.25, 0.3) is 10.9 Å². The van der Waals surface area contributed by atoms with E-state index in [1.54, 1.807) is 4.57 Å². The quantitative estimate of drug-likeness (QED) is 0.769. The van der Waals surface area contributed by atoms with E-state index in [-0.39, 0.29) is 19.1 Å². The molecule has 4 heteroatoms. The van der Waals surface area contributed by atoms with Crippen molar-refractivity contribution in [1.29, 1.82) is 0 Å². The maximum absolute atomic E-state index is 10.8. The zero-order chi connectivity index (χ0) is 10.8. The fourth-order valence-electron chi connectivity index (χ4n) is 1.63. The molecule has 3 N–H and O–H groups in total. The van der Waals surface area contributed by atoms with Crippen LogP contribution in [-0.4, -0.2) is 15.6 Å². The zero-order valence-corrected chi connectivity index (χ0v) is 8.18. The van der Waals surface area contributed by atoms with Gasteiger partial charge in [0.15, 0.2) is 0 Å². The van der Waals surface area contributed by atoms with Crippen LogP contribution in [-0.2, 0) is 17.9 Å². The number of carbonyl (C=O) groups excluding carboxylic acids is 1. The number of rotatable bonds is 3. The van der Waals surface area contributed by atoms with Crippen molar-refractivity contribution in [2.45, 2.75) is 13.2 Å². The fourth-order valence-corrected chi connectivity index (χ4v) is 1.63. The summed E-state index contributed by atoms with van der Waals surface area (Å²) in [7, 11) is 0. The first-order valence-electron chi connectivity index (χ1n) is 4.67. The largest absolute Gasteiger partial charge is 0.392 e. The summed E-state index contributed by atoms with van der Waals surface area (Å²) in [5, 5.41) is 10.0. The molecule has 0 spiro atoms. The van der Waals surface area contributed by atoms with Crippen molar-refractivity contribution >= 4 is 16.8 Å². The second-order valence-corrected chi connectivity index (χ2v) is 3.46. The van der Waals surface area contributed by atoms with Gasteiger partial charge in [-0.25, -0.2) is 0 Å². The predicted molar refractivity (Wildman–Crippen MR) is 57.1 cm³/mol. The van der Waals surface area contributed by atoms with Gasteiger partial charge < -0.3 is 15.4 Å². The van der Waals surface area contributed by atoms with Gasteiger partial charge in [0.25, 0.3) is 0 Å². The SMILES string of the molecule is NC(=O)Cn1ccc2ccc(CO)cc21. The van der Waals surface area contributed by atoms with Crippen LogP contribution >= 0.6 is 0 Å². The topological polar surface area (TPSA) is 68.2 Å². The third kappa shape index (κ3) is 1.85. The minimum Gasteiger partial charge on any atom is -0.392 e. The summed E-state index contributed by atoms with van der Waals surface area (Å²) in [6.07, 6.45) is 1.82. The lowest BCUT2D eigenvalue weighted by atomic mass is 10.2. The van der Waals surface area contributed by atoms with Gasteiger partial charge in [0, 0.05) is 11.7 Å². The van der Waals surface area contributed by atoms with Crippen molar-refractivity contribution in [1.82, 2.24) is 4.57 Å². The molecule has 0 saturated carbocycles. The lowest BCUT2D eigenvalue weighted by Gasteiger charge is -2.03. The summed E-state index contributed by atoms with van der Waals surface area (Å²) in [6, 6.07) is 7.55. The maximum Gasteiger partial charge on any atom is 0.237 e. The number of nitrogens with zero attached hydrogens (tertiary/aromatic N) is 1. The van der Waals surface area contributed by atoms with E-state index >= 15 is 0 Å². The zero-order valence-electron chi connectivity index (χ0n) is 8.18. The van der Waals surface area contributed by atoms with E-state index in [0.717, 1.165) is 16.5 Å². The molecule has 1 aromatic heterocycles. The van der Waals surface area contributed by atoms with Crippen molar-refractivity contribution in [2.75, 3.05) is 0 Å². The number of hydrogen-bond donors (Lipinski definition) is 2. The average Bonchev–Trinajstić information content (AvgIpc) is 2.60. The summed E-state index contributed by atoms with van der Waals surface area (Å²) in [5.74, 6) is -0.373. The Labute approximate surface area is 86.9 Å². The number of carbonyl (C=O) groups is 1. The van der Waals surface area contributed by atoms with Gasteiger partial charge >= 0.3 is 0 Å². The molecule has 1 amide bonds. The van der Waals surface area contributed by atoms with Crippen LogP contribution in [0.4, 0.5) is 0 Å². The highest BCUT2D eigenvalue weighted by Crippen LogP contribution is 2.17. The average molecular weight is 204 g/mol. The highest BCUT2D eigenvalue weighted by molar-refractivity contribution is 5.83. The van der Waals surface area contributed by atoms with Crippen LogP contribution in [0.15, 0.2) is 30.5 Å². The number of benzene rings is 1. The summed E-state index contributed by atoms with van der Waals surface area (Å²) in [4.78, 5) is 10.8. The first kappa shape index (κ1) is 9.73. The molecule has 4 nitrogen and oxygen atoms in total. The van der Waals surface area contributed by atoms with Crippen molar-refractivity contribution in [3.63, 3.8) is 0 Å². The highest BCUT2D eigenvalue weighted by atomic mass is 16.3. The molecule has 0 aliphatic carbocycles. The second-order valence-electron chi connectivity index (χ2n) is 3.46. The van der Waals surface area contributed by atoms with Gasteiger partial charge in [-0.15, -0.1) is 0 Å². The molecule has 2 rings (SSSR count). The first-order chi connectivity index (χ1) is 7.20. The van der Waals surface area contributed by atoms with E-state index in [2.05, 4.69) is 0 Å². The van der Waals surface area contributed by atoms with Crippen LogP contribution in [0.1, 0.15) is 5.56 Å². The Balaban J connectivity index is 2.51. The van der Waals surface area contributed by atoms with E-state index in [9.17, 15) is 4.79 Å². The molecular formula is C11H12N2O2. The molecule has 0 fully saturated rings. The number of aromatic nitrogens is 1. The molecular weight excluding hydrogens is 192 g/mol. The van der Waals surface area contributed by atoms with E-state index in [1.807, 2.05) is 30.5 Å². The Bertz CT molecular complexity index is 502. The molecule has 78 valence electrons. The van der Waals surface area contributed by atoms with Crippen LogP contribution < -0.4 is 5.73 Å². The molecule has 0 aliphatic heterocycles. The molecule has 0 aliphatic rings. The first-order valence-corrected chi connectivity index (χ1v) is 4.67. The third-order valence-electron chi connectivity index (χ3n) is 2.35. The molecule has 0 unspecified atom stereocenters. The van der Waals surface area contributed by atoms with Gasteiger partial charge in [-0.05, 0) is 23.1 Å². The van der Waals surface area contributed by atoms with Crippen LogP contribution in [0, 0.1) is 0 Å². The monoisotopic (exact) mass is 204 g/mol. The van der Waals surface area contributed by atoms with Crippen molar-refractivity contribution in [2.24, 2.45) is 5.73 Å². The van der Waals surface area contributed by atoms with Gasteiger partial charge in [0.05, 0.1) is 6.61 Å². The Morgan fingerprint density at radius 1 is 1.40 bits per heavy atom. The molecule has 0 bridgehead atoms. The summed E-state index contributed by atoms with van der Waals surface area (Å²) in [5.41, 5.74) is 6.88. The number of amides is 1. The van der Waals surface area contributed by atoms with Gasteiger partial charge in [0.2, 0.25) is 5.91 Å². The molecule has 0 saturated heterocycles. The number of fused-ring (bicyclic) bond motifs is 1. The normalized spacial score (nSPS) is 10.7. The Kier molecular flexibility index (Phi) is 2.43. The number of nitrogens with two attached hydrogens (primary N) is 1.